The minimum absolute atomic E-state index is 0.0146. The Balaban J connectivity index is 1.70. The molecule has 1 saturated heterocycles. The molecule has 148 valence electrons. The first kappa shape index (κ1) is 20.0. The van der Waals surface area contributed by atoms with Crippen molar-refractivity contribution in [2.45, 2.75) is 24.2 Å². The highest BCUT2D eigenvalue weighted by atomic mass is 32.2. The summed E-state index contributed by atoms with van der Waals surface area (Å²) in [6.07, 6.45) is 1.71. The summed E-state index contributed by atoms with van der Waals surface area (Å²) in [7, 11) is -3.52. The van der Waals surface area contributed by atoms with Crippen molar-refractivity contribution in [3.63, 3.8) is 0 Å². The van der Waals surface area contributed by atoms with Gasteiger partial charge in [0.2, 0.25) is 10.0 Å². The number of nitrogens with zero attached hydrogens (tertiary/aromatic N) is 1. The quantitative estimate of drug-likeness (QED) is 0.767. The second-order valence-corrected chi connectivity index (χ2v) is 8.78. The molecule has 0 radical (unpaired) electrons. The standard InChI is InChI=1S/C20H21NO6S/c22-19(23)16-7-6-15(18(13-16)20(24)25)12-14-8-10-21(11-9-14)28(26,27)17-4-2-1-3-5-17/h1-7,13-14H,8-12H2,(H,22,23)(H,24,25). The van der Waals surface area contributed by atoms with Gasteiger partial charge in [-0.3, -0.25) is 0 Å². The van der Waals surface area contributed by atoms with Crippen LogP contribution in [0.5, 0.6) is 0 Å². The van der Waals surface area contributed by atoms with Crippen molar-refractivity contribution in [2.75, 3.05) is 13.1 Å². The number of sulfonamides is 1. The summed E-state index contributed by atoms with van der Waals surface area (Å²) < 4.78 is 26.8. The third-order valence-electron chi connectivity index (χ3n) is 5.05. The average molecular weight is 403 g/mol. The van der Waals surface area contributed by atoms with Gasteiger partial charge >= 0.3 is 11.9 Å². The molecular formula is C20H21NO6S. The molecule has 28 heavy (non-hydrogen) atoms. The number of benzene rings is 2. The van der Waals surface area contributed by atoms with Crippen molar-refractivity contribution < 1.29 is 28.2 Å². The number of carbonyl (C=O) groups is 2. The zero-order valence-electron chi connectivity index (χ0n) is 15.1. The molecule has 0 unspecified atom stereocenters. The Morgan fingerprint density at radius 2 is 1.61 bits per heavy atom. The van der Waals surface area contributed by atoms with Crippen LogP contribution >= 0.6 is 0 Å². The Morgan fingerprint density at radius 1 is 0.964 bits per heavy atom. The molecule has 0 bridgehead atoms. The Morgan fingerprint density at radius 3 is 2.18 bits per heavy atom. The third-order valence-corrected chi connectivity index (χ3v) is 6.96. The lowest BCUT2D eigenvalue weighted by molar-refractivity contribution is 0.0695. The van der Waals surface area contributed by atoms with Gasteiger partial charge in [0.25, 0.3) is 0 Å². The van der Waals surface area contributed by atoms with E-state index in [1.807, 2.05) is 0 Å². The van der Waals surface area contributed by atoms with E-state index in [9.17, 15) is 23.1 Å². The minimum Gasteiger partial charge on any atom is -0.478 e. The van der Waals surface area contributed by atoms with E-state index in [1.54, 1.807) is 36.4 Å². The minimum atomic E-state index is -3.52. The molecular weight excluding hydrogens is 382 g/mol. The number of piperidine rings is 1. The summed E-state index contributed by atoms with van der Waals surface area (Å²) in [6, 6.07) is 12.4. The lowest BCUT2D eigenvalue weighted by Gasteiger charge is -2.31. The van der Waals surface area contributed by atoms with Crippen LogP contribution in [0.3, 0.4) is 0 Å². The molecule has 1 aliphatic rings. The first-order valence-corrected chi connectivity index (χ1v) is 10.4. The molecule has 0 atom stereocenters. The predicted octanol–water partition coefficient (Wildman–Crippen LogP) is 2.73. The highest BCUT2D eigenvalue weighted by Gasteiger charge is 2.30. The number of carboxylic acids is 2. The Labute approximate surface area is 163 Å². The van der Waals surface area contributed by atoms with E-state index < -0.39 is 22.0 Å². The lowest BCUT2D eigenvalue weighted by atomic mass is 9.88. The zero-order chi connectivity index (χ0) is 20.3. The van der Waals surface area contributed by atoms with Gasteiger partial charge in [0.05, 0.1) is 16.0 Å². The SMILES string of the molecule is O=C(O)c1ccc(CC2CCN(S(=O)(=O)c3ccccc3)CC2)c(C(=O)O)c1. The monoisotopic (exact) mass is 403 g/mol. The summed E-state index contributed by atoms with van der Waals surface area (Å²) in [5.41, 5.74) is 0.492. The van der Waals surface area contributed by atoms with Crippen molar-refractivity contribution in [1.82, 2.24) is 4.31 Å². The van der Waals surface area contributed by atoms with Crippen LogP contribution in [0.15, 0.2) is 53.4 Å². The van der Waals surface area contributed by atoms with Gasteiger partial charge in [-0.2, -0.15) is 4.31 Å². The average Bonchev–Trinajstić information content (AvgIpc) is 2.69. The molecule has 1 fully saturated rings. The molecule has 0 amide bonds. The van der Waals surface area contributed by atoms with E-state index in [-0.39, 0.29) is 21.9 Å². The highest BCUT2D eigenvalue weighted by Crippen LogP contribution is 2.27. The number of carboxylic acid groups (broad SMARTS) is 2. The summed E-state index contributed by atoms with van der Waals surface area (Å²) in [5, 5.41) is 18.4. The van der Waals surface area contributed by atoms with E-state index in [0.29, 0.717) is 37.9 Å². The maximum Gasteiger partial charge on any atom is 0.335 e. The van der Waals surface area contributed by atoms with E-state index in [1.165, 1.54) is 16.4 Å². The van der Waals surface area contributed by atoms with Crippen molar-refractivity contribution in [3.05, 3.63) is 65.2 Å². The molecule has 2 aromatic rings. The van der Waals surface area contributed by atoms with Crippen molar-refractivity contribution in [2.24, 2.45) is 5.92 Å². The van der Waals surface area contributed by atoms with Gasteiger partial charge in [0.1, 0.15) is 0 Å². The zero-order valence-corrected chi connectivity index (χ0v) is 15.9. The van der Waals surface area contributed by atoms with Crippen molar-refractivity contribution in [1.29, 1.82) is 0 Å². The maximum atomic E-state index is 12.7. The predicted molar refractivity (Wildman–Crippen MR) is 102 cm³/mol. The molecule has 1 heterocycles. The summed E-state index contributed by atoms with van der Waals surface area (Å²) in [5.74, 6) is -2.20. The van der Waals surface area contributed by atoms with Gasteiger partial charge in [0.15, 0.2) is 0 Å². The van der Waals surface area contributed by atoms with Crippen LogP contribution in [0, 0.1) is 5.92 Å². The van der Waals surface area contributed by atoms with Gasteiger partial charge < -0.3 is 10.2 Å². The van der Waals surface area contributed by atoms with Crippen LogP contribution in [0.25, 0.3) is 0 Å². The second-order valence-electron chi connectivity index (χ2n) is 6.85. The lowest BCUT2D eigenvalue weighted by Crippen LogP contribution is -2.38. The highest BCUT2D eigenvalue weighted by molar-refractivity contribution is 7.89. The fourth-order valence-electron chi connectivity index (χ4n) is 3.49. The second kappa shape index (κ2) is 8.12. The maximum absolute atomic E-state index is 12.7. The molecule has 3 rings (SSSR count). The topological polar surface area (TPSA) is 112 Å². The molecule has 2 aromatic carbocycles. The van der Waals surface area contributed by atoms with Gasteiger partial charge in [0, 0.05) is 13.1 Å². The van der Waals surface area contributed by atoms with Crippen LogP contribution in [0.2, 0.25) is 0 Å². The van der Waals surface area contributed by atoms with Crippen LogP contribution in [-0.2, 0) is 16.4 Å². The molecule has 8 heteroatoms. The van der Waals surface area contributed by atoms with Gasteiger partial charge in [-0.15, -0.1) is 0 Å². The molecule has 0 aromatic heterocycles. The van der Waals surface area contributed by atoms with E-state index in [4.69, 9.17) is 5.11 Å². The fourth-order valence-corrected chi connectivity index (χ4v) is 4.98. The van der Waals surface area contributed by atoms with Crippen LogP contribution < -0.4 is 0 Å². The molecule has 2 N–H and O–H groups in total. The number of hydrogen-bond acceptors (Lipinski definition) is 4. The molecule has 0 aliphatic carbocycles. The van der Waals surface area contributed by atoms with Crippen LogP contribution in [-0.4, -0.2) is 48.0 Å². The van der Waals surface area contributed by atoms with Gasteiger partial charge in [-0.25, -0.2) is 18.0 Å². The van der Waals surface area contributed by atoms with Crippen LogP contribution in [0.1, 0.15) is 39.1 Å². The first-order valence-electron chi connectivity index (χ1n) is 8.93. The van der Waals surface area contributed by atoms with Crippen molar-refractivity contribution >= 4 is 22.0 Å². The molecule has 0 spiro atoms. The third kappa shape index (κ3) is 4.23. The van der Waals surface area contributed by atoms with E-state index >= 15 is 0 Å². The molecule has 7 nitrogen and oxygen atoms in total. The number of rotatable bonds is 6. The largest absolute Gasteiger partial charge is 0.478 e. The molecule has 0 saturated carbocycles. The fraction of sp³-hybridized carbons (Fsp3) is 0.300. The molecule has 1 aliphatic heterocycles. The Hall–Kier alpha value is -2.71. The Bertz CT molecular complexity index is 979. The summed E-state index contributed by atoms with van der Waals surface area (Å²) >= 11 is 0. The Kier molecular flexibility index (Phi) is 5.81. The van der Waals surface area contributed by atoms with Gasteiger partial charge in [-0.1, -0.05) is 24.3 Å². The first-order chi connectivity index (χ1) is 13.3. The number of aromatic carboxylic acids is 2. The number of hydrogen-bond donors (Lipinski definition) is 2. The van der Waals surface area contributed by atoms with Crippen molar-refractivity contribution in [3.8, 4) is 0 Å². The van der Waals surface area contributed by atoms with Crippen LogP contribution in [0.4, 0.5) is 0 Å². The summed E-state index contributed by atoms with van der Waals surface area (Å²) in [4.78, 5) is 22.8. The normalized spacial score (nSPS) is 16.0. The van der Waals surface area contributed by atoms with E-state index in [2.05, 4.69) is 0 Å². The van der Waals surface area contributed by atoms with Gasteiger partial charge in [-0.05, 0) is 55.0 Å². The summed E-state index contributed by atoms with van der Waals surface area (Å²) in [6.45, 7) is 0.745. The smallest absolute Gasteiger partial charge is 0.335 e. The van der Waals surface area contributed by atoms with E-state index in [0.717, 1.165) is 0 Å².